The molecule has 1 aromatic carbocycles. The van der Waals surface area contributed by atoms with E-state index in [-0.39, 0.29) is 26.1 Å². The van der Waals surface area contributed by atoms with E-state index in [1.54, 1.807) is 41.8 Å². The summed E-state index contributed by atoms with van der Waals surface area (Å²) >= 11 is 8.10. The number of aromatic nitrogens is 3. The smallest absolute Gasteiger partial charge is 0.267 e. The molecular formula is C20H9ClF3N3OS2. The minimum atomic E-state index is -4.62. The Morgan fingerprint density at radius 2 is 1.87 bits per heavy atom. The van der Waals surface area contributed by atoms with E-state index >= 15 is 0 Å². The number of benzene rings is 1. The number of halogens is 4. The maximum Gasteiger partial charge on any atom is 0.417 e. The van der Waals surface area contributed by atoms with Crippen molar-refractivity contribution in [1.29, 1.82) is 0 Å². The number of fused-ring (bicyclic) bond motifs is 3. The van der Waals surface area contributed by atoms with Gasteiger partial charge in [0, 0.05) is 5.02 Å². The number of hydrogen-bond acceptors (Lipinski definition) is 5. The molecule has 30 heavy (non-hydrogen) atoms. The van der Waals surface area contributed by atoms with Crippen molar-refractivity contribution in [3.63, 3.8) is 0 Å². The Labute approximate surface area is 179 Å². The van der Waals surface area contributed by atoms with Gasteiger partial charge in [-0.25, -0.2) is 9.97 Å². The van der Waals surface area contributed by atoms with Gasteiger partial charge in [0.1, 0.15) is 15.9 Å². The van der Waals surface area contributed by atoms with Crippen LogP contribution < -0.4 is 5.56 Å². The van der Waals surface area contributed by atoms with Crippen LogP contribution in [0.5, 0.6) is 0 Å². The zero-order valence-electron chi connectivity index (χ0n) is 14.8. The Balaban J connectivity index is 1.83. The Hall–Kier alpha value is -2.75. The first-order valence-corrected chi connectivity index (χ1v) is 10.6. The van der Waals surface area contributed by atoms with E-state index in [2.05, 4.69) is 9.97 Å². The molecule has 0 aliphatic heterocycles. The van der Waals surface area contributed by atoms with Crippen molar-refractivity contribution >= 4 is 54.7 Å². The highest BCUT2D eigenvalue weighted by Crippen LogP contribution is 2.42. The lowest BCUT2D eigenvalue weighted by Gasteiger charge is -2.10. The second kappa shape index (κ2) is 6.90. The molecular weight excluding hydrogens is 455 g/mol. The first-order chi connectivity index (χ1) is 14.3. The summed E-state index contributed by atoms with van der Waals surface area (Å²) in [5, 5.41) is 2.12. The third kappa shape index (κ3) is 3.10. The lowest BCUT2D eigenvalue weighted by Crippen LogP contribution is -2.17. The van der Waals surface area contributed by atoms with Gasteiger partial charge in [0.25, 0.3) is 5.56 Å². The molecule has 0 radical (unpaired) electrons. The minimum absolute atomic E-state index is 0.00256. The maximum absolute atomic E-state index is 13.9. The fourth-order valence-electron chi connectivity index (χ4n) is 3.19. The average Bonchev–Trinajstić information content (AvgIpc) is 3.36. The van der Waals surface area contributed by atoms with Gasteiger partial charge >= 0.3 is 6.18 Å². The van der Waals surface area contributed by atoms with Crippen molar-refractivity contribution in [3.05, 3.63) is 75.1 Å². The second-order valence-electron chi connectivity index (χ2n) is 6.39. The molecule has 0 fully saturated rings. The number of hydrogen-bond donors (Lipinski definition) is 0. The highest BCUT2D eigenvalue weighted by atomic mass is 35.5. The fourth-order valence-corrected chi connectivity index (χ4v) is 5.08. The zero-order valence-corrected chi connectivity index (χ0v) is 17.2. The summed E-state index contributed by atoms with van der Waals surface area (Å²) in [5.41, 5.74) is -0.578. The lowest BCUT2D eigenvalue weighted by atomic mass is 10.1. The van der Waals surface area contributed by atoms with Crippen molar-refractivity contribution < 1.29 is 13.2 Å². The standard InChI is InChI=1S/C20H9ClF3N3OS2/c21-10-3-5-11(6-4-10)27-9-25-16-15-12(20(22,23)24)8-13(14-2-1-7-29-14)26-18(15)30-17(16)19(27)28/h1-9H. The van der Waals surface area contributed by atoms with Crippen LogP contribution in [0, 0.1) is 0 Å². The molecule has 0 saturated carbocycles. The minimum Gasteiger partial charge on any atom is -0.267 e. The third-order valence-electron chi connectivity index (χ3n) is 4.54. The number of alkyl halides is 3. The van der Waals surface area contributed by atoms with E-state index in [1.807, 2.05) is 0 Å². The van der Waals surface area contributed by atoms with Crippen molar-refractivity contribution in [2.75, 3.05) is 0 Å². The van der Waals surface area contributed by atoms with Gasteiger partial charge in [0.2, 0.25) is 0 Å². The largest absolute Gasteiger partial charge is 0.417 e. The molecule has 0 aliphatic carbocycles. The summed E-state index contributed by atoms with van der Waals surface area (Å²) in [7, 11) is 0. The molecule has 150 valence electrons. The van der Waals surface area contributed by atoms with E-state index in [0.29, 0.717) is 15.6 Å². The maximum atomic E-state index is 13.9. The van der Waals surface area contributed by atoms with Crippen LogP contribution in [0.4, 0.5) is 13.2 Å². The van der Waals surface area contributed by atoms with E-state index in [4.69, 9.17) is 11.6 Å². The van der Waals surface area contributed by atoms with Gasteiger partial charge in [0.05, 0.1) is 32.7 Å². The lowest BCUT2D eigenvalue weighted by molar-refractivity contribution is -0.136. The summed E-state index contributed by atoms with van der Waals surface area (Å²) < 4.78 is 43.0. The molecule has 0 N–H and O–H groups in total. The van der Waals surface area contributed by atoms with Crippen LogP contribution in [0.15, 0.2) is 59.0 Å². The first-order valence-electron chi connectivity index (χ1n) is 8.55. The summed E-state index contributed by atoms with van der Waals surface area (Å²) in [4.78, 5) is 22.4. The molecule has 5 rings (SSSR count). The fraction of sp³-hybridized carbons (Fsp3) is 0.0500. The first kappa shape index (κ1) is 19.2. The zero-order chi connectivity index (χ0) is 21.0. The Bertz CT molecular complexity index is 1460. The Kier molecular flexibility index (Phi) is 4.42. The molecule has 5 aromatic rings. The third-order valence-corrected chi connectivity index (χ3v) is 6.74. The topological polar surface area (TPSA) is 47.8 Å². The summed E-state index contributed by atoms with van der Waals surface area (Å²) in [6.45, 7) is 0. The molecule has 0 aliphatic rings. The van der Waals surface area contributed by atoms with Crippen molar-refractivity contribution in [2.24, 2.45) is 0 Å². The van der Waals surface area contributed by atoms with Crippen LogP contribution >= 0.6 is 34.3 Å². The number of thiophene rings is 2. The van der Waals surface area contributed by atoms with Crippen LogP contribution in [0.3, 0.4) is 0 Å². The number of pyridine rings is 1. The van der Waals surface area contributed by atoms with Gasteiger partial charge in [-0.05, 0) is 41.8 Å². The van der Waals surface area contributed by atoms with Crippen LogP contribution in [0.2, 0.25) is 5.02 Å². The van der Waals surface area contributed by atoms with Gasteiger partial charge in [-0.1, -0.05) is 17.7 Å². The molecule has 0 saturated heterocycles. The van der Waals surface area contributed by atoms with Gasteiger partial charge in [-0.15, -0.1) is 22.7 Å². The summed E-state index contributed by atoms with van der Waals surface area (Å²) in [6.07, 6.45) is -3.39. The van der Waals surface area contributed by atoms with Gasteiger partial charge in [-0.3, -0.25) is 9.36 Å². The van der Waals surface area contributed by atoms with Gasteiger partial charge in [-0.2, -0.15) is 13.2 Å². The molecule has 0 unspecified atom stereocenters. The van der Waals surface area contributed by atoms with Crippen LogP contribution in [0.25, 0.3) is 36.7 Å². The Morgan fingerprint density at radius 3 is 2.53 bits per heavy atom. The van der Waals surface area contributed by atoms with E-state index in [1.165, 1.54) is 22.2 Å². The normalized spacial score (nSPS) is 12.1. The Morgan fingerprint density at radius 1 is 1.10 bits per heavy atom. The highest BCUT2D eigenvalue weighted by molar-refractivity contribution is 7.25. The molecule has 4 heterocycles. The van der Waals surface area contributed by atoms with Crippen molar-refractivity contribution in [3.8, 4) is 16.3 Å². The van der Waals surface area contributed by atoms with Gasteiger partial charge < -0.3 is 0 Å². The van der Waals surface area contributed by atoms with Crippen molar-refractivity contribution in [1.82, 2.24) is 14.5 Å². The van der Waals surface area contributed by atoms with Gasteiger partial charge in [0.15, 0.2) is 0 Å². The second-order valence-corrected chi connectivity index (χ2v) is 8.77. The number of rotatable bonds is 2. The highest BCUT2D eigenvalue weighted by Gasteiger charge is 2.35. The van der Waals surface area contributed by atoms with E-state index in [9.17, 15) is 18.0 Å². The summed E-state index contributed by atoms with van der Waals surface area (Å²) in [5.74, 6) is 0. The van der Waals surface area contributed by atoms with Crippen molar-refractivity contribution in [2.45, 2.75) is 6.18 Å². The molecule has 0 amide bonds. The quantitative estimate of drug-likeness (QED) is 0.304. The van der Waals surface area contributed by atoms with Crippen LogP contribution in [0.1, 0.15) is 5.56 Å². The molecule has 10 heteroatoms. The SMILES string of the molecule is O=c1c2sc3nc(-c4cccs4)cc(C(F)(F)F)c3c2ncn1-c1ccc(Cl)cc1. The average molecular weight is 464 g/mol. The molecule has 4 nitrogen and oxygen atoms in total. The van der Waals surface area contributed by atoms with E-state index < -0.39 is 17.3 Å². The molecule has 0 atom stereocenters. The predicted octanol–water partition coefficient (Wildman–Crippen LogP) is 6.40. The van der Waals surface area contributed by atoms with Crippen LogP contribution in [-0.4, -0.2) is 14.5 Å². The predicted molar refractivity (Wildman–Crippen MR) is 114 cm³/mol. The van der Waals surface area contributed by atoms with E-state index in [0.717, 1.165) is 17.4 Å². The molecule has 4 aromatic heterocycles. The van der Waals surface area contributed by atoms with Crippen LogP contribution in [-0.2, 0) is 6.18 Å². The molecule has 0 bridgehead atoms. The number of nitrogens with zero attached hydrogens (tertiary/aromatic N) is 3. The monoisotopic (exact) mass is 463 g/mol. The summed E-state index contributed by atoms with van der Waals surface area (Å²) in [6, 6.07) is 11.0. The molecule has 0 spiro atoms.